The number of oxime groups is 1. The molecule has 0 fully saturated rings. The van der Waals surface area contributed by atoms with Gasteiger partial charge in [-0.1, -0.05) is 5.16 Å². The molecular weight excluding hydrogens is 268 g/mol. The van der Waals surface area contributed by atoms with Gasteiger partial charge < -0.3 is 15.7 Å². The number of nitrogens with zero attached hydrogens (tertiary/aromatic N) is 3. The van der Waals surface area contributed by atoms with Crippen molar-refractivity contribution in [2.45, 2.75) is 19.8 Å². The summed E-state index contributed by atoms with van der Waals surface area (Å²) in [5, 5.41) is 11.9. The van der Waals surface area contributed by atoms with E-state index in [0.29, 0.717) is 18.1 Å². The molecule has 2 heterocycles. The first kappa shape index (κ1) is 14.8. The largest absolute Gasteiger partial charge is 0.477 e. The predicted molar refractivity (Wildman–Crippen MR) is 79.5 cm³/mol. The molecule has 0 spiro atoms. The molecule has 2 rings (SSSR count). The summed E-state index contributed by atoms with van der Waals surface area (Å²) < 4.78 is 5.66. The molecule has 0 radical (unpaired) electrons. The summed E-state index contributed by atoms with van der Waals surface area (Å²) in [5.41, 5.74) is 8.26. The average molecular weight is 286 g/mol. The van der Waals surface area contributed by atoms with E-state index in [9.17, 15) is 0 Å². The Morgan fingerprint density at radius 2 is 2.05 bits per heavy atom. The van der Waals surface area contributed by atoms with Gasteiger partial charge >= 0.3 is 0 Å². The Labute approximate surface area is 123 Å². The number of hydrogen-bond donors (Lipinski definition) is 2. The maximum absolute atomic E-state index is 8.83. The zero-order chi connectivity index (χ0) is 15.1. The second kappa shape index (κ2) is 7.23. The van der Waals surface area contributed by atoms with E-state index in [1.54, 1.807) is 24.7 Å². The molecule has 0 bridgehead atoms. The lowest BCUT2D eigenvalue weighted by atomic mass is 10.1. The monoisotopic (exact) mass is 286 g/mol. The molecule has 0 saturated carbocycles. The number of hydrogen-bond acceptors (Lipinski definition) is 5. The Kier molecular flexibility index (Phi) is 5.09. The molecule has 110 valence electrons. The van der Waals surface area contributed by atoms with Crippen LogP contribution in [0.2, 0.25) is 0 Å². The highest BCUT2D eigenvalue weighted by molar-refractivity contribution is 6.00. The van der Waals surface area contributed by atoms with Crippen molar-refractivity contribution < 1.29 is 9.94 Å². The van der Waals surface area contributed by atoms with Gasteiger partial charge in [0.1, 0.15) is 0 Å². The maximum atomic E-state index is 8.83. The molecule has 2 aromatic rings. The molecule has 0 amide bonds. The normalized spacial score (nSPS) is 11.4. The summed E-state index contributed by atoms with van der Waals surface area (Å²) in [7, 11) is 0. The number of amidine groups is 1. The Morgan fingerprint density at radius 3 is 2.76 bits per heavy atom. The van der Waals surface area contributed by atoms with Gasteiger partial charge in [-0.25, -0.2) is 4.98 Å². The number of nitrogens with two attached hydrogens (primary N) is 1. The van der Waals surface area contributed by atoms with E-state index in [-0.39, 0.29) is 5.84 Å². The Bertz CT molecular complexity index is 614. The minimum atomic E-state index is 0.00438. The summed E-state index contributed by atoms with van der Waals surface area (Å²) in [6.45, 7) is 2.36. The average Bonchev–Trinajstić information content (AvgIpc) is 2.52. The maximum Gasteiger partial charge on any atom is 0.224 e. The molecule has 0 aliphatic rings. The van der Waals surface area contributed by atoms with E-state index >= 15 is 0 Å². The van der Waals surface area contributed by atoms with Gasteiger partial charge in [0, 0.05) is 18.6 Å². The standard InChI is InChI=1S/C15H18N4O2/c1-11-4-9-18-15(13(11)14(16)19-20)21-10-2-3-12-5-7-17-8-6-12/h4-9,20H,2-3,10H2,1H3,(H2,16,19). The van der Waals surface area contributed by atoms with E-state index in [2.05, 4.69) is 15.1 Å². The summed E-state index contributed by atoms with van der Waals surface area (Å²) in [6, 6.07) is 5.75. The molecule has 21 heavy (non-hydrogen) atoms. The third-order valence-corrected chi connectivity index (χ3v) is 3.09. The summed E-state index contributed by atoms with van der Waals surface area (Å²) >= 11 is 0. The van der Waals surface area contributed by atoms with Gasteiger partial charge in [-0.2, -0.15) is 0 Å². The fourth-order valence-electron chi connectivity index (χ4n) is 2.00. The Morgan fingerprint density at radius 1 is 1.29 bits per heavy atom. The van der Waals surface area contributed by atoms with Crippen molar-refractivity contribution >= 4 is 5.84 Å². The molecule has 0 unspecified atom stereocenters. The Balaban J connectivity index is 1.96. The van der Waals surface area contributed by atoms with Crippen LogP contribution in [0.25, 0.3) is 0 Å². The third kappa shape index (κ3) is 3.92. The molecule has 6 heteroatoms. The molecule has 0 saturated heterocycles. The van der Waals surface area contributed by atoms with Crippen LogP contribution in [0.15, 0.2) is 41.9 Å². The summed E-state index contributed by atoms with van der Waals surface area (Å²) in [5.74, 6) is 0.393. The first-order valence-electron chi connectivity index (χ1n) is 6.67. The smallest absolute Gasteiger partial charge is 0.224 e. The van der Waals surface area contributed by atoms with Crippen LogP contribution in [-0.4, -0.2) is 27.6 Å². The van der Waals surface area contributed by atoms with E-state index in [0.717, 1.165) is 18.4 Å². The van der Waals surface area contributed by atoms with Crippen LogP contribution >= 0.6 is 0 Å². The van der Waals surface area contributed by atoms with Crippen LogP contribution in [0.3, 0.4) is 0 Å². The van der Waals surface area contributed by atoms with Gasteiger partial charge in [0.05, 0.1) is 12.2 Å². The van der Waals surface area contributed by atoms with Gasteiger partial charge in [-0.05, 0) is 49.1 Å². The SMILES string of the molecule is Cc1ccnc(OCCCc2ccncc2)c1/C(N)=N/O. The topological polar surface area (TPSA) is 93.6 Å². The van der Waals surface area contributed by atoms with E-state index in [4.69, 9.17) is 15.7 Å². The molecule has 0 aliphatic heterocycles. The van der Waals surface area contributed by atoms with Crippen molar-refractivity contribution in [3.63, 3.8) is 0 Å². The van der Waals surface area contributed by atoms with E-state index in [1.807, 2.05) is 19.1 Å². The van der Waals surface area contributed by atoms with Gasteiger partial charge in [-0.15, -0.1) is 0 Å². The Hall–Kier alpha value is -2.63. The number of pyridine rings is 2. The van der Waals surface area contributed by atoms with Crippen molar-refractivity contribution in [3.05, 3.63) is 53.5 Å². The lowest BCUT2D eigenvalue weighted by molar-refractivity contribution is 0.296. The minimum Gasteiger partial charge on any atom is -0.477 e. The van der Waals surface area contributed by atoms with Crippen LogP contribution in [-0.2, 0) is 6.42 Å². The number of aryl methyl sites for hydroxylation is 2. The zero-order valence-electron chi connectivity index (χ0n) is 11.9. The lowest BCUT2D eigenvalue weighted by Crippen LogP contribution is -2.17. The van der Waals surface area contributed by atoms with E-state index < -0.39 is 0 Å². The van der Waals surface area contributed by atoms with Crippen LogP contribution < -0.4 is 10.5 Å². The molecule has 0 aromatic carbocycles. The van der Waals surface area contributed by atoms with Crippen molar-refractivity contribution in [2.24, 2.45) is 10.9 Å². The zero-order valence-corrected chi connectivity index (χ0v) is 11.9. The highest BCUT2D eigenvalue weighted by atomic mass is 16.5. The summed E-state index contributed by atoms with van der Waals surface area (Å²) in [6.07, 6.45) is 6.92. The van der Waals surface area contributed by atoms with Crippen LogP contribution in [0, 0.1) is 6.92 Å². The fraction of sp³-hybridized carbons (Fsp3) is 0.267. The number of ether oxygens (including phenoxy) is 1. The molecular formula is C15H18N4O2. The molecule has 0 aliphatic carbocycles. The first-order valence-corrected chi connectivity index (χ1v) is 6.67. The molecule has 0 atom stereocenters. The molecule has 2 aromatic heterocycles. The number of rotatable bonds is 6. The quantitative estimate of drug-likeness (QED) is 0.278. The van der Waals surface area contributed by atoms with Crippen LogP contribution in [0.4, 0.5) is 0 Å². The van der Waals surface area contributed by atoms with Crippen LogP contribution in [0.5, 0.6) is 5.88 Å². The summed E-state index contributed by atoms with van der Waals surface area (Å²) in [4.78, 5) is 8.13. The highest BCUT2D eigenvalue weighted by Crippen LogP contribution is 2.19. The third-order valence-electron chi connectivity index (χ3n) is 3.09. The molecule has 6 nitrogen and oxygen atoms in total. The lowest BCUT2D eigenvalue weighted by Gasteiger charge is -2.11. The number of aromatic nitrogens is 2. The fourth-order valence-corrected chi connectivity index (χ4v) is 2.00. The van der Waals surface area contributed by atoms with Gasteiger partial charge in [0.2, 0.25) is 5.88 Å². The first-order chi connectivity index (χ1) is 10.2. The minimum absolute atomic E-state index is 0.00438. The predicted octanol–water partition coefficient (Wildman–Crippen LogP) is 1.89. The van der Waals surface area contributed by atoms with Crippen molar-refractivity contribution in [3.8, 4) is 5.88 Å². The molecule has 3 N–H and O–H groups in total. The highest BCUT2D eigenvalue weighted by Gasteiger charge is 2.12. The second-order valence-corrected chi connectivity index (χ2v) is 4.60. The van der Waals surface area contributed by atoms with Crippen LogP contribution in [0.1, 0.15) is 23.1 Å². The van der Waals surface area contributed by atoms with Crippen molar-refractivity contribution in [1.82, 2.24) is 9.97 Å². The van der Waals surface area contributed by atoms with Gasteiger partial charge in [0.25, 0.3) is 0 Å². The van der Waals surface area contributed by atoms with Gasteiger partial charge in [0.15, 0.2) is 5.84 Å². The van der Waals surface area contributed by atoms with Gasteiger partial charge in [-0.3, -0.25) is 4.98 Å². The van der Waals surface area contributed by atoms with Crippen molar-refractivity contribution in [2.75, 3.05) is 6.61 Å². The van der Waals surface area contributed by atoms with E-state index in [1.165, 1.54) is 5.56 Å². The van der Waals surface area contributed by atoms with Crippen molar-refractivity contribution in [1.29, 1.82) is 0 Å². The second-order valence-electron chi connectivity index (χ2n) is 4.60.